The van der Waals surface area contributed by atoms with Gasteiger partial charge in [0.05, 0.1) is 0 Å². The summed E-state index contributed by atoms with van der Waals surface area (Å²) in [5, 5.41) is 10.00. The maximum Gasteiger partial charge on any atom is 0.326 e. The average molecular weight is 467 g/mol. The van der Waals surface area contributed by atoms with Gasteiger partial charge in [-0.1, -0.05) is 71.2 Å². The van der Waals surface area contributed by atoms with Crippen LogP contribution in [0.5, 0.6) is 0 Å². The monoisotopic (exact) mass is 465 g/mol. The van der Waals surface area contributed by atoms with Crippen LogP contribution in [-0.4, -0.2) is 27.0 Å². The van der Waals surface area contributed by atoms with Gasteiger partial charge in [-0.25, -0.2) is 9.59 Å². The number of para-hydroxylation sites is 2. The van der Waals surface area contributed by atoms with Gasteiger partial charge < -0.3 is 10.6 Å². The van der Waals surface area contributed by atoms with E-state index < -0.39 is 15.9 Å². The van der Waals surface area contributed by atoms with Crippen LogP contribution >= 0.6 is 34.8 Å². The van der Waals surface area contributed by atoms with Crippen LogP contribution in [0.4, 0.5) is 32.9 Å². The Morgan fingerprint density at radius 2 is 1.03 bits per heavy atom. The van der Waals surface area contributed by atoms with Gasteiger partial charge in [-0.05, 0) is 24.3 Å². The van der Waals surface area contributed by atoms with Crippen molar-refractivity contribution in [2.24, 2.45) is 0 Å². The van der Waals surface area contributed by atoms with E-state index in [2.05, 4.69) is 36.2 Å². The molecule has 0 saturated heterocycles. The minimum Gasteiger partial charge on any atom is -0.308 e. The molecular formula is C18H14Cl3N7O2. The maximum absolute atomic E-state index is 12.2. The molecule has 0 fully saturated rings. The Morgan fingerprint density at radius 3 is 1.40 bits per heavy atom. The van der Waals surface area contributed by atoms with E-state index in [1.54, 1.807) is 60.7 Å². The molecule has 0 spiro atoms. The molecule has 3 rings (SSSR count). The molecule has 12 heteroatoms. The molecule has 1 aromatic heterocycles. The van der Waals surface area contributed by atoms with Gasteiger partial charge in [-0.3, -0.25) is 10.6 Å². The molecule has 30 heavy (non-hydrogen) atoms. The third-order valence-corrected chi connectivity index (χ3v) is 3.91. The standard InChI is InChI=1S/C18H14Cl3N7O2/c19-18(20,21)13-24-14(27-16(29)22-11-7-3-1-4-8-11)26-15(25-13)28-17(30)23-12-9-5-2-6-10-12/h1-10H,(H4,22,23,24,25,26,27,28,29,30). The first-order valence-corrected chi connectivity index (χ1v) is 9.52. The van der Waals surface area contributed by atoms with Crippen LogP contribution in [0.15, 0.2) is 60.7 Å². The molecule has 0 bridgehead atoms. The lowest BCUT2D eigenvalue weighted by atomic mass is 10.3. The number of nitrogens with zero attached hydrogens (tertiary/aromatic N) is 3. The number of benzene rings is 2. The van der Waals surface area contributed by atoms with Crippen LogP contribution in [0.3, 0.4) is 0 Å². The number of carbonyl (C=O) groups is 2. The van der Waals surface area contributed by atoms with Crippen LogP contribution in [0.1, 0.15) is 5.82 Å². The zero-order valence-corrected chi connectivity index (χ0v) is 17.3. The van der Waals surface area contributed by atoms with Gasteiger partial charge in [0, 0.05) is 11.4 Å². The van der Waals surface area contributed by atoms with Crippen molar-refractivity contribution in [2.75, 3.05) is 21.3 Å². The van der Waals surface area contributed by atoms with E-state index in [-0.39, 0.29) is 17.7 Å². The van der Waals surface area contributed by atoms with Crippen LogP contribution in [0, 0.1) is 0 Å². The molecule has 0 aliphatic rings. The summed E-state index contributed by atoms with van der Waals surface area (Å²) in [5.41, 5.74) is 1.09. The Balaban J connectivity index is 1.76. The number of alkyl halides is 3. The minimum atomic E-state index is -2.01. The Labute approximate surface area is 186 Å². The molecule has 1 heterocycles. The average Bonchev–Trinajstić information content (AvgIpc) is 2.68. The Bertz CT molecular complexity index is 957. The smallest absolute Gasteiger partial charge is 0.308 e. The van der Waals surface area contributed by atoms with Gasteiger partial charge in [0.2, 0.25) is 15.7 Å². The quantitative estimate of drug-likeness (QED) is 0.404. The summed E-state index contributed by atoms with van der Waals surface area (Å²) >= 11 is 17.6. The molecular weight excluding hydrogens is 453 g/mol. The first-order valence-electron chi connectivity index (χ1n) is 8.39. The molecule has 0 aliphatic carbocycles. The predicted octanol–water partition coefficient (Wildman–Crippen LogP) is 4.99. The highest BCUT2D eigenvalue weighted by atomic mass is 35.6. The SMILES string of the molecule is O=C(Nc1ccccc1)Nc1nc(NC(=O)Nc2ccccc2)nc(C(Cl)(Cl)Cl)n1. The van der Waals surface area contributed by atoms with Crippen LogP contribution in [0.25, 0.3) is 0 Å². The van der Waals surface area contributed by atoms with E-state index in [1.807, 2.05) is 0 Å². The number of hydrogen-bond donors (Lipinski definition) is 4. The molecule has 2 aromatic carbocycles. The molecule has 0 unspecified atom stereocenters. The number of halogens is 3. The molecule has 0 saturated carbocycles. The largest absolute Gasteiger partial charge is 0.326 e. The van der Waals surface area contributed by atoms with Crippen molar-refractivity contribution in [3.63, 3.8) is 0 Å². The van der Waals surface area contributed by atoms with Gasteiger partial charge in [-0.15, -0.1) is 0 Å². The first kappa shape index (κ1) is 21.6. The number of hydrogen-bond acceptors (Lipinski definition) is 5. The first-order chi connectivity index (χ1) is 14.3. The van der Waals surface area contributed by atoms with Gasteiger partial charge in [-0.2, -0.15) is 15.0 Å². The molecule has 154 valence electrons. The van der Waals surface area contributed by atoms with E-state index in [1.165, 1.54) is 0 Å². The van der Waals surface area contributed by atoms with Gasteiger partial charge in [0.25, 0.3) is 0 Å². The minimum absolute atomic E-state index is 0.227. The van der Waals surface area contributed by atoms with E-state index in [4.69, 9.17) is 34.8 Å². The number of anilines is 4. The second-order valence-electron chi connectivity index (χ2n) is 5.69. The summed E-state index contributed by atoms with van der Waals surface area (Å²) in [6, 6.07) is 16.1. The number of urea groups is 2. The number of aromatic nitrogens is 3. The lowest BCUT2D eigenvalue weighted by molar-refractivity contribution is 0.261. The number of carbonyl (C=O) groups excluding carboxylic acids is 2. The van der Waals surface area contributed by atoms with E-state index >= 15 is 0 Å². The molecule has 3 aromatic rings. The molecule has 4 N–H and O–H groups in total. The lowest BCUT2D eigenvalue weighted by Gasteiger charge is -2.13. The van der Waals surface area contributed by atoms with E-state index in [0.29, 0.717) is 11.4 Å². The van der Waals surface area contributed by atoms with Crippen molar-refractivity contribution in [1.82, 2.24) is 15.0 Å². The highest BCUT2D eigenvalue weighted by molar-refractivity contribution is 6.66. The number of rotatable bonds is 4. The summed E-state index contributed by atoms with van der Waals surface area (Å²) in [7, 11) is 0. The van der Waals surface area contributed by atoms with Crippen molar-refractivity contribution in [3.05, 3.63) is 66.5 Å². The summed E-state index contributed by atoms with van der Waals surface area (Å²) in [4.78, 5) is 36.2. The van der Waals surface area contributed by atoms with Gasteiger partial charge in [0.15, 0.2) is 5.82 Å². The summed E-state index contributed by atoms with van der Waals surface area (Å²) < 4.78 is -2.01. The van der Waals surface area contributed by atoms with Gasteiger partial charge >= 0.3 is 12.1 Å². The fourth-order valence-electron chi connectivity index (χ4n) is 2.19. The third kappa shape index (κ3) is 6.45. The normalized spacial score (nSPS) is 10.8. The van der Waals surface area contributed by atoms with Crippen LogP contribution in [0.2, 0.25) is 0 Å². The second-order valence-corrected chi connectivity index (χ2v) is 7.98. The van der Waals surface area contributed by atoms with Crippen molar-refractivity contribution >= 4 is 70.1 Å². The molecule has 0 aliphatic heterocycles. The zero-order valence-electron chi connectivity index (χ0n) is 15.1. The Kier molecular flexibility index (Phi) is 6.88. The summed E-state index contributed by atoms with van der Waals surface area (Å²) in [6.45, 7) is 0. The number of nitrogens with one attached hydrogen (secondary N) is 4. The molecule has 0 atom stereocenters. The molecule has 9 nitrogen and oxygen atoms in total. The van der Waals surface area contributed by atoms with Crippen LogP contribution < -0.4 is 21.3 Å². The van der Waals surface area contributed by atoms with Crippen molar-refractivity contribution in [3.8, 4) is 0 Å². The fourth-order valence-corrected chi connectivity index (χ4v) is 2.44. The summed E-state index contributed by atoms with van der Waals surface area (Å²) in [6.07, 6.45) is 0. The summed E-state index contributed by atoms with van der Waals surface area (Å²) in [5.74, 6) is -0.739. The third-order valence-electron chi connectivity index (χ3n) is 3.40. The highest BCUT2D eigenvalue weighted by Crippen LogP contribution is 2.36. The Hall–Kier alpha value is -3.14. The number of amides is 4. The maximum atomic E-state index is 12.2. The van der Waals surface area contributed by atoms with Crippen molar-refractivity contribution in [1.29, 1.82) is 0 Å². The lowest BCUT2D eigenvalue weighted by Crippen LogP contribution is -2.25. The van der Waals surface area contributed by atoms with E-state index in [0.717, 1.165) is 0 Å². The zero-order chi connectivity index (χ0) is 21.6. The van der Waals surface area contributed by atoms with Crippen molar-refractivity contribution in [2.45, 2.75) is 3.79 Å². The highest BCUT2D eigenvalue weighted by Gasteiger charge is 2.29. The molecule has 0 radical (unpaired) electrons. The topological polar surface area (TPSA) is 121 Å². The fraction of sp³-hybridized carbons (Fsp3) is 0.0556. The second kappa shape index (κ2) is 9.57. The van der Waals surface area contributed by atoms with E-state index in [9.17, 15) is 9.59 Å². The van der Waals surface area contributed by atoms with Gasteiger partial charge in [0.1, 0.15) is 0 Å². The van der Waals surface area contributed by atoms with Crippen molar-refractivity contribution < 1.29 is 9.59 Å². The Morgan fingerprint density at radius 1 is 0.633 bits per heavy atom. The molecule has 4 amide bonds. The predicted molar refractivity (Wildman–Crippen MR) is 117 cm³/mol. The van der Waals surface area contributed by atoms with Crippen LogP contribution in [-0.2, 0) is 3.79 Å².